The molecule has 0 radical (unpaired) electrons. The summed E-state index contributed by atoms with van der Waals surface area (Å²) in [6.45, 7) is 2.30. The molecule has 0 spiro atoms. The van der Waals surface area contributed by atoms with E-state index >= 15 is 0 Å². The quantitative estimate of drug-likeness (QED) is 0.582. The van der Waals surface area contributed by atoms with Crippen molar-refractivity contribution in [3.8, 4) is 5.75 Å². The standard InChI is InChI=1S/C28H40O4/c1-28-14-13-23-22(24(28)11-12-25(28)30)10-9-18-15-20(29)16-19(27(18)23)17-26(31)32-21-7-5-3-2-4-6-8-21/h15-16,21-25,29-30H,2-14,17H2,1H3/t22-,23+,24+,25-,28+/m1/s1. The normalized spacial score (nSPS) is 35.2. The second kappa shape index (κ2) is 9.00. The molecule has 0 bridgehead atoms. The number of carbonyl (C=O) groups is 1. The van der Waals surface area contributed by atoms with E-state index in [2.05, 4.69) is 6.92 Å². The molecule has 0 unspecified atom stereocenters. The number of aromatic hydroxyl groups is 1. The summed E-state index contributed by atoms with van der Waals surface area (Å²) in [5, 5.41) is 21.1. The van der Waals surface area contributed by atoms with Gasteiger partial charge in [0, 0.05) is 0 Å². The summed E-state index contributed by atoms with van der Waals surface area (Å²) >= 11 is 0. The SMILES string of the molecule is C[C@]12CC[C@@H]3c4c(cc(O)cc4CC(=O)OC4CCCCCCC4)CC[C@H]3[C@@H]1CC[C@H]2O. The highest BCUT2D eigenvalue weighted by atomic mass is 16.5. The zero-order valence-corrected chi connectivity index (χ0v) is 19.7. The largest absolute Gasteiger partial charge is 0.508 e. The van der Waals surface area contributed by atoms with Gasteiger partial charge in [-0.2, -0.15) is 0 Å². The van der Waals surface area contributed by atoms with Gasteiger partial charge in [-0.05, 0) is 116 Å². The molecule has 5 atom stereocenters. The lowest BCUT2D eigenvalue weighted by molar-refractivity contribution is -0.149. The molecule has 3 fully saturated rings. The highest BCUT2D eigenvalue weighted by Gasteiger charge is 2.54. The van der Waals surface area contributed by atoms with E-state index < -0.39 is 0 Å². The molecule has 0 amide bonds. The van der Waals surface area contributed by atoms with Crippen LogP contribution in [0.15, 0.2) is 12.1 Å². The molecule has 176 valence electrons. The molecule has 4 aliphatic carbocycles. The summed E-state index contributed by atoms with van der Waals surface area (Å²) in [6.07, 6.45) is 14.4. The van der Waals surface area contributed by atoms with Crippen LogP contribution in [-0.2, 0) is 22.4 Å². The van der Waals surface area contributed by atoms with E-state index in [0.29, 0.717) is 17.8 Å². The van der Waals surface area contributed by atoms with Crippen molar-refractivity contribution in [3.63, 3.8) is 0 Å². The summed E-state index contributed by atoms with van der Waals surface area (Å²) in [5.74, 6) is 1.71. The maximum absolute atomic E-state index is 13.0. The number of rotatable bonds is 3. The van der Waals surface area contributed by atoms with E-state index in [9.17, 15) is 15.0 Å². The van der Waals surface area contributed by atoms with Gasteiger partial charge in [-0.1, -0.05) is 26.2 Å². The van der Waals surface area contributed by atoms with Crippen molar-refractivity contribution in [2.45, 2.75) is 115 Å². The average Bonchev–Trinajstić information content (AvgIpc) is 3.04. The van der Waals surface area contributed by atoms with E-state index in [4.69, 9.17) is 4.74 Å². The third-order valence-electron chi connectivity index (χ3n) is 9.53. The summed E-state index contributed by atoms with van der Waals surface area (Å²) in [4.78, 5) is 13.0. The maximum Gasteiger partial charge on any atom is 0.310 e. The van der Waals surface area contributed by atoms with Gasteiger partial charge in [-0.3, -0.25) is 4.79 Å². The first-order valence-electron chi connectivity index (χ1n) is 13.2. The Morgan fingerprint density at radius 1 is 1.03 bits per heavy atom. The number of aliphatic hydroxyl groups is 1. The molecule has 4 heteroatoms. The van der Waals surface area contributed by atoms with Crippen LogP contribution in [0.4, 0.5) is 0 Å². The highest BCUT2D eigenvalue weighted by molar-refractivity contribution is 5.74. The summed E-state index contributed by atoms with van der Waals surface area (Å²) in [5.41, 5.74) is 3.57. The van der Waals surface area contributed by atoms with Gasteiger partial charge in [0.05, 0.1) is 12.5 Å². The molecule has 32 heavy (non-hydrogen) atoms. The number of aryl methyl sites for hydroxylation is 1. The summed E-state index contributed by atoms with van der Waals surface area (Å²) in [7, 11) is 0. The van der Waals surface area contributed by atoms with Gasteiger partial charge in [0.25, 0.3) is 0 Å². The van der Waals surface area contributed by atoms with Gasteiger partial charge < -0.3 is 14.9 Å². The van der Waals surface area contributed by atoms with Gasteiger partial charge in [-0.25, -0.2) is 0 Å². The first-order chi connectivity index (χ1) is 15.5. The van der Waals surface area contributed by atoms with Crippen molar-refractivity contribution in [3.05, 3.63) is 28.8 Å². The van der Waals surface area contributed by atoms with E-state index in [1.54, 1.807) is 0 Å². The van der Waals surface area contributed by atoms with Gasteiger partial charge in [-0.15, -0.1) is 0 Å². The van der Waals surface area contributed by atoms with Crippen molar-refractivity contribution in [1.82, 2.24) is 0 Å². The number of hydrogen-bond donors (Lipinski definition) is 2. The van der Waals surface area contributed by atoms with Gasteiger partial charge in [0.1, 0.15) is 11.9 Å². The molecule has 4 aliphatic rings. The molecule has 1 aromatic carbocycles. The van der Waals surface area contributed by atoms with E-state index in [1.807, 2.05) is 12.1 Å². The Morgan fingerprint density at radius 2 is 1.78 bits per heavy atom. The van der Waals surface area contributed by atoms with Crippen LogP contribution in [0.5, 0.6) is 5.75 Å². The zero-order chi connectivity index (χ0) is 22.3. The van der Waals surface area contributed by atoms with Crippen molar-refractivity contribution in [2.24, 2.45) is 17.3 Å². The Bertz CT molecular complexity index is 840. The number of fused-ring (bicyclic) bond motifs is 5. The predicted molar refractivity (Wildman–Crippen MR) is 125 cm³/mol. The minimum absolute atomic E-state index is 0.0485. The van der Waals surface area contributed by atoms with Crippen molar-refractivity contribution < 1.29 is 19.7 Å². The van der Waals surface area contributed by atoms with Crippen molar-refractivity contribution in [1.29, 1.82) is 0 Å². The average molecular weight is 441 g/mol. The molecule has 0 heterocycles. The fourth-order valence-electron chi connectivity index (χ4n) is 7.85. The Morgan fingerprint density at radius 3 is 2.56 bits per heavy atom. The Kier molecular flexibility index (Phi) is 6.26. The number of carbonyl (C=O) groups excluding carboxylic acids is 1. The van der Waals surface area contributed by atoms with Crippen molar-refractivity contribution >= 4 is 5.97 Å². The third-order valence-corrected chi connectivity index (χ3v) is 9.53. The lowest BCUT2D eigenvalue weighted by atomic mass is 9.55. The second-order valence-electron chi connectivity index (χ2n) is 11.4. The Labute approximate surface area is 192 Å². The molecule has 2 N–H and O–H groups in total. The van der Waals surface area contributed by atoms with Gasteiger partial charge in [0.2, 0.25) is 0 Å². The topological polar surface area (TPSA) is 66.8 Å². The molecule has 4 nitrogen and oxygen atoms in total. The second-order valence-corrected chi connectivity index (χ2v) is 11.4. The molecule has 5 rings (SSSR count). The fraction of sp³-hybridized carbons (Fsp3) is 0.750. The smallest absolute Gasteiger partial charge is 0.310 e. The maximum atomic E-state index is 13.0. The van der Waals surface area contributed by atoms with Crippen LogP contribution < -0.4 is 0 Å². The van der Waals surface area contributed by atoms with E-state index in [0.717, 1.165) is 69.8 Å². The zero-order valence-electron chi connectivity index (χ0n) is 19.7. The molecule has 0 aliphatic heterocycles. The summed E-state index contributed by atoms with van der Waals surface area (Å²) < 4.78 is 5.94. The molecular weight excluding hydrogens is 400 g/mol. The summed E-state index contributed by atoms with van der Waals surface area (Å²) in [6, 6.07) is 3.74. The molecular formula is C28H40O4. The third kappa shape index (κ3) is 4.08. The molecule has 0 saturated heterocycles. The lowest BCUT2D eigenvalue weighted by Gasteiger charge is -2.50. The van der Waals surface area contributed by atoms with Crippen LogP contribution in [-0.4, -0.2) is 28.4 Å². The van der Waals surface area contributed by atoms with Crippen LogP contribution in [0, 0.1) is 17.3 Å². The molecule has 1 aromatic rings. The Hall–Kier alpha value is -1.55. The number of ether oxygens (including phenoxy) is 1. The van der Waals surface area contributed by atoms with Crippen LogP contribution in [0.2, 0.25) is 0 Å². The lowest BCUT2D eigenvalue weighted by Crippen LogP contribution is -2.44. The Balaban J connectivity index is 1.36. The first kappa shape index (κ1) is 22.3. The first-order valence-corrected chi connectivity index (χ1v) is 13.2. The number of hydrogen-bond acceptors (Lipinski definition) is 4. The minimum atomic E-state index is -0.173. The predicted octanol–water partition coefficient (Wildman–Crippen LogP) is 5.81. The minimum Gasteiger partial charge on any atom is -0.508 e. The van der Waals surface area contributed by atoms with Gasteiger partial charge in [0.15, 0.2) is 0 Å². The van der Waals surface area contributed by atoms with Crippen LogP contribution in [0.25, 0.3) is 0 Å². The number of esters is 1. The van der Waals surface area contributed by atoms with Crippen LogP contribution in [0.3, 0.4) is 0 Å². The number of phenolic OH excluding ortho intramolecular Hbond substituents is 1. The van der Waals surface area contributed by atoms with Gasteiger partial charge >= 0.3 is 5.97 Å². The fourth-order valence-corrected chi connectivity index (χ4v) is 7.85. The van der Waals surface area contributed by atoms with Crippen molar-refractivity contribution in [2.75, 3.05) is 0 Å². The van der Waals surface area contributed by atoms with Crippen LogP contribution >= 0.6 is 0 Å². The monoisotopic (exact) mass is 440 g/mol. The number of phenols is 1. The van der Waals surface area contributed by atoms with E-state index in [1.165, 1.54) is 30.4 Å². The number of aliphatic hydroxyl groups excluding tert-OH is 1. The molecule has 0 aromatic heterocycles. The molecule has 3 saturated carbocycles. The van der Waals surface area contributed by atoms with Crippen LogP contribution in [0.1, 0.15) is 107 Å². The highest BCUT2D eigenvalue weighted by Crippen LogP contribution is 2.61. The van der Waals surface area contributed by atoms with E-state index in [-0.39, 0.29) is 35.8 Å². The number of benzene rings is 1.